The quantitative estimate of drug-likeness (QED) is 0.273. The molecule has 3 saturated carbocycles. The maximum Gasteiger partial charge on any atom is 1.00 e. The first-order valence-electron chi connectivity index (χ1n) is 13.1. The van der Waals surface area contributed by atoms with Crippen LogP contribution in [0.2, 0.25) is 0 Å². The maximum absolute atomic E-state index is 13.4. The minimum atomic E-state index is -4.77. The van der Waals surface area contributed by atoms with Crippen molar-refractivity contribution >= 4 is 27.7 Å². The fourth-order valence-corrected chi connectivity index (χ4v) is 8.78. The van der Waals surface area contributed by atoms with Gasteiger partial charge in [-0.25, -0.2) is 13.2 Å². The van der Waals surface area contributed by atoms with Crippen molar-refractivity contribution in [1.29, 1.82) is 0 Å². The van der Waals surface area contributed by atoms with E-state index in [1.165, 1.54) is 12.1 Å². The number of allylic oxidation sites excluding steroid dienone is 1. The Bertz CT molecular complexity index is 1340. The summed E-state index contributed by atoms with van der Waals surface area (Å²) in [4.78, 5) is 37.4. The van der Waals surface area contributed by atoms with Crippen LogP contribution in [-0.2, 0) is 24.4 Å². The Hall–Kier alpha value is -1.40. The largest absolute Gasteiger partial charge is 1.00 e. The Morgan fingerprint density at radius 3 is 2.56 bits per heavy atom. The van der Waals surface area contributed by atoms with Gasteiger partial charge in [0.25, 0.3) is 0 Å². The van der Waals surface area contributed by atoms with Crippen LogP contribution in [0.15, 0.2) is 40.8 Å². The summed E-state index contributed by atoms with van der Waals surface area (Å²) in [6, 6.07) is 4.45. The van der Waals surface area contributed by atoms with Gasteiger partial charge in [0.1, 0.15) is 15.7 Å². The van der Waals surface area contributed by atoms with Gasteiger partial charge in [0.15, 0.2) is 12.4 Å². The Balaban J connectivity index is 0.00000353. The average molecular weight is 569 g/mol. The molecule has 0 bridgehead atoms. The first-order chi connectivity index (χ1) is 17.7. The molecule has 0 heterocycles. The molecule has 2 N–H and O–H groups in total. The molecule has 0 radical (unpaired) electrons. The second-order valence-corrected chi connectivity index (χ2v) is 13.3. The SMILES string of the molecule is C[C@]12CCC(=O)C=C1CC[C@@H]1C2[C@@H](O)C[C@@]2(C)[C@H]1CC[C@]2(O)C(=O)COC(=O)c1cccc(S(=O)(=O)[O-])c1.[Na+]. The third-order valence-corrected chi connectivity index (χ3v) is 11.0. The number of benzene rings is 1. The third-order valence-electron chi connectivity index (χ3n) is 10.2. The van der Waals surface area contributed by atoms with E-state index in [9.17, 15) is 37.6 Å². The standard InChI is InChI=1S/C28H34O9S.Na/c1-26-10-8-18(29)13-17(26)6-7-20-21-9-11-28(33,27(21,2)14-22(30)24(20)26)23(31)15-37-25(32)16-4-3-5-19(12-16)38(34,35)36;/h3-5,12-13,20-22,24,30,33H,6-11,14-15H2,1-2H3,(H,34,35,36);/q;+1/p-1/t20-,21-,22-,24?,26-,27-,28-;/m0./s1. The van der Waals surface area contributed by atoms with Crippen molar-refractivity contribution in [2.45, 2.75) is 75.4 Å². The zero-order valence-electron chi connectivity index (χ0n) is 22.5. The van der Waals surface area contributed by atoms with E-state index in [4.69, 9.17) is 4.74 Å². The molecule has 1 unspecified atom stereocenters. The van der Waals surface area contributed by atoms with Crippen LogP contribution in [0.1, 0.15) is 69.2 Å². The van der Waals surface area contributed by atoms with Crippen molar-refractivity contribution in [3.8, 4) is 0 Å². The number of rotatable bonds is 5. The molecule has 5 rings (SSSR count). The summed E-state index contributed by atoms with van der Waals surface area (Å²) in [6.07, 6.45) is 4.66. The van der Waals surface area contributed by atoms with Crippen molar-refractivity contribution in [3.05, 3.63) is 41.5 Å². The first kappa shape index (κ1) is 30.6. The fourth-order valence-electron chi connectivity index (χ4n) is 8.26. The Morgan fingerprint density at radius 1 is 1.15 bits per heavy atom. The fraction of sp³-hybridized carbons (Fsp3) is 0.607. The second-order valence-electron chi connectivity index (χ2n) is 12.0. The Morgan fingerprint density at radius 2 is 1.87 bits per heavy atom. The summed E-state index contributed by atoms with van der Waals surface area (Å²) in [7, 11) is -4.77. The number of Topliss-reactive ketones (excluding diaryl/α,β-unsaturated/α-hetero) is 1. The van der Waals surface area contributed by atoms with Crippen LogP contribution in [0.25, 0.3) is 0 Å². The van der Waals surface area contributed by atoms with Gasteiger partial charge in [0, 0.05) is 11.8 Å². The molecule has 3 fully saturated rings. The van der Waals surface area contributed by atoms with Crippen LogP contribution < -0.4 is 29.6 Å². The van der Waals surface area contributed by atoms with Crippen molar-refractivity contribution in [2.75, 3.05) is 6.61 Å². The van der Waals surface area contributed by atoms with E-state index in [0.29, 0.717) is 19.3 Å². The van der Waals surface area contributed by atoms with Gasteiger partial charge in [0.2, 0.25) is 5.78 Å². The molecule has 0 aromatic heterocycles. The molecule has 9 nitrogen and oxygen atoms in total. The summed E-state index contributed by atoms with van der Waals surface area (Å²) >= 11 is 0. The van der Waals surface area contributed by atoms with Crippen LogP contribution in [0.4, 0.5) is 0 Å². The van der Waals surface area contributed by atoms with E-state index < -0.39 is 50.5 Å². The van der Waals surface area contributed by atoms with Gasteiger partial charge in [-0.3, -0.25) is 9.59 Å². The van der Waals surface area contributed by atoms with Gasteiger partial charge in [-0.1, -0.05) is 25.5 Å². The maximum atomic E-state index is 13.4. The van der Waals surface area contributed by atoms with Gasteiger partial charge in [-0.2, -0.15) is 0 Å². The molecular formula is C28H33NaO9S. The minimum absolute atomic E-state index is 0. The van der Waals surface area contributed by atoms with E-state index in [2.05, 4.69) is 6.92 Å². The molecule has 0 amide bonds. The molecular weight excluding hydrogens is 535 g/mol. The number of carbonyl (C=O) groups excluding carboxylic acids is 3. The van der Waals surface area contributed by atoms with Crippen molar-refractivity contribution in [2.24, 2.45) is 28.6 Å². The normalized spacial score (nSPS) is 37.5. The van der Waals surface area contributed by atoms with E-state index in [1.807, 2.05) is 6.92 Å². The van der Waals surface area contributed by atoms with Crippen LogP contribution in [0.3, 0.4) is 0 Å². The number of aliphatic hydroxyl groups is 2. The number of aliphatic hydroxyl groups excluding tert-OH is 1. The Labute approximate surface area is 250 Å². The summed E-state index contributed by atoms with van der Waals surface area (Å²) < 4.78 is 38.9. The average Bonchev–Trinajstić information content (AvgIpc) is 3.13. The molecule has 1 aromatic rings. The molecule has 39 heavy (non-hydrogen) atoms. The number of ether oxygens (including phenoxy) is 1. The molecule has 4 aliphatic carbocycles. The summed E-state index contributed by atoms with van der Waals surface area (Å²) in [5.74, 6) is -1.52. The van der Waals surface area contributed by atoms with Gasteiger partial charge in [-0.15, -0.1) is 0 Å². The van der Waals surface area contributed by atoms with E-state index >= 15 is 0 Å². The molecule has 11 heteroatoms. The number of carbonyl (C=O) groups is 3. The third kappa shape index (κ3) is 4.90. The van der Waals surface area contributed by atoms with E-state index in [-0.39, 0.29) is 76.9 Å². The van der Waals surface area contributed by atoms with Gasteiger partial charge in [0.05, 0.1) is 16.6 Å². The minimum Gasteiger partial charge on any atom is -0.744 e. The van der Waals surface area contributed by atoms with Crippen LogP contribution >= 0.6 is 0 Å². The molecule has 0 spiro atoms. The summed E-state index contributed by atoms with van der Waals surface area (Å²) in [5.41, 5.74) is -2.11. The van der Waals surface area contributed by atoms with Crippen molar-refractivity contribution in [1.82, 2.24) is 0 Å². The molecule has 7 atom stereocenters. The number of fused-ring (bicyclic) bond motifs is 5. The van der Waals surface area contributed by atoms with E-state index in [1.54, 1.807) is 6.08 Å². The van der Waals surface area contributed by atoms with Crippen molar-refractivity contribution < 1.29 is 71.9 Å². The molecule has 206 valence electrons. The molecule has 0 saturated heterocycles. The predicted molar refractivity (Wildman–Crippen MR) is 133 cm³/mol. The monoisotopic (exact) mass is 568 g/mol. The summed E-state index contributed by atoms with van der Waals surface area (Å²) in [5, 5.41) is 23.2. The smallest absolute Gasteiger partial charge is 0.744 e. The van der Waals surface area contributed by atoms with Crippen LogP contribution in [-0.4, -0.2) is 59.0 Å². The van der Waals surface area contributed by atoms with Gasteiger partial charge < -0.3 is 19.5 Å². The van der Waals surface area contributed by atoms with Crippen LogP contribution in [0.5, 0.6) is 0 Å². The number of hydrogen-bond acceptors (Lipinski definition) is 9. The van der Waals surface area contributed by atoms with Crippen molar-refractivity contribution in [3.63, 3.8) is 0 Å². The molecule has 0 aliphatic heterocycles. The zero-order chi connectivity index (χ0) is 27.7. The van der Waals surface area contributed by atoms with E-state index in [0.717, 1.165) is 30.5 Å². The summed E-state index contributed by atoms with van der Waals surface area (Å²) in [6.45, 7) is 3.25. The number of ketones is 2. The molecule has 1 aromatic carbocycles. The van der Waals surface area contributed by atoms with Gasteiger partial charge >= 0.3 is 35.5 Å². The van der Waals surface area contributed by atoms with Gasteiger partial charge in [-0.05, 0) is 86.0 Å². The predicted octanol–water partition coefficient (Wildman–Crippen LogP) is -0.446. The van der Waals surface area contributed by atoms with Crippen LogP contribution in [0, 0.1) is 28.6 Å². The number of hydrogen-bond donors (Lipinski definition) is 2. The first-order valence-corrected chi connectivity index (χ1v) is 14.5. The topological polar surface area (TPSA) is 158 Å². The number of esters is 1. The molecule has 4 aliphatic rings. The second kappa shape index (κ2) is 10.5. The zero-order valence-corrected chi connectivity index (χ0v) is 25.3. The Kier molecular flexibility index (Phi) is 8.19.